The molecule has 0 spiro atoms. The van der Waals surface area contributed by atoms with Gasteiger partial charge in [-0.15, -0.1) is 0 Å². The number of hydrogen-bond acceptors (Lipinski definition) is 4. The zero-order valence-corrected chi connectivity index (χ0v) is 15.5. The Morgan fingerprint density at radius 3 is 2.29 bits per heavy atom. The van der Waals surface area contributed by atoms with E-state index in [4.69, 9.17) is 9.15 Å². The van der Waals surface area contributed by atoms with E-state index in [1.54, 1.807) is 18.1 Å². The zero-order valence-electron chi connectivity index (χ0n) is 13.9. The number of ketones is 1. The van der Waals surface area contributed by atoms with Crippen molar-refractivity contribution in [2.24, 2.45) is 0 Å². The van der Waals surface area contributed by atoms with Crippen molar-refractivity contribution in [1.82, 2.24) is 4.90 Å². The Morgan fingerprint density at radius 2 is 1.75 bits per heavy atom. The summed E-state index contributed by atoms with van der Waals surface area (Å²) < 4.78 is 10.6. The Balaban J connectivity index is 2.18. The first-order chi connectivity index (χ1) is 11.5. The molecule has 0 aliphatic carbocycles. The molecule has 0 unspecified atom stereocenters. The van der Waals surface area contributed by atoms with Crippen molar-refractivity contribution in [2.75, 3.05) is 12.4 Å². The molecule has 0 N–H and O–H groups in total. The van der Waals surface area contributed by atoms with Crippen LogP contribution in [0.25, 0.3) is 0 Å². The van der Waals surface area contributed by atoms with Crippen LogP contribution in [0.3, 0.4) is 0 Å². The van der Waals surface area contributed by atoms with Gasteiger partial charge in [0.05, 0.1) is 12.4 Å². The van der Waals surface area contributed by atoms with Gasteiger partial charge < -0.3 is 14.1 Å². The van der Waals surface area contributed by atoms with Gasteiger partial charge in [-0.2, -0.15) is 0 Å². The molecule has 0 atom stereocenters. The normalized spacial score (nSPS) is 10.7. The molecule has 6 heteroatoms. The van der Waals surface area contributed by atoms with E-state index in [-0.39, 0.29) is 34.6 Å². The highest BCUT2D eigenvalue weighted by Crippen LogP contribution is 2.18. The number of halogens is 1. The lowest BCUT2D eigenvalue weighted by Crippen LogP contribution is -2.36. The van der Waals surface area contributed by atoms with Crippen LogP contribution >= 0.6 is 15.9 Å². The maximum atomic E-state index is 12.7. The Hall–Kier alpha value is -2.08. The lowest BCUT2D eigenvalue weighted by molar-refractivity contribution is 0.0655. The van der Waals surface area contributed by atoms with Crippen LogP contribution in [0, 0.1) is 0 Å². The molecule has 24 heavy (non-hydrogen) atoms. The molecule has 128 valence electrons. The predicted molar refractivity (Wildman–Crippen MR) is 94.8 cm³/mol. The maximum absolute atomic E-state index is 12.7. The van der Waals surface area contributed by atoms with Gasteiger partial charge in [0.15, 0.2) is 11.5 Å². The van der Waals surface area contributed by atoms with Gasteiger partial charge in [-0.05, 0) is 43.7 Å². The van der Waals surface area contributed by atoms with E-state index in [2.05, 4.69) is 15.9 Å². The smallest absolute Gasteiger partial charge is 0.290 e. The topological polar surface area (TPSA) is 59.8 Å². The Bertz CT molecular complexity index is 706. The third-order valence-corrected chi connectivity index (χ3v) is 4.12. The number of carbonyl (C=O) groups excluding carboxylic acids is 2. The number of alkyl halides is 1. The van der Waals surface area contributed by atoms with Gasteiger partial charge >= 0.3 is 0 Å². The molecule has 0 bridgehead atoms. The number of benzene rings is 1. The van der Waals surface area contributed by atoms with Gasteiger partial charge in [0.2, 0.25) is 5.78 Å². The van der Waals surface area contributed by atoms with E-state index in [0.29, 0.717) is 6.54 Å². The molecule has 2 aromatic rings. The zero-order chi connectivity index (χ0) is 17.7. The number of methoxy groups -OCH3 is 1. The molecule has 0 aliphatic heterocycles. The minimum atomic E-state index is -0.241. The van der Waals surface area contributed by atoms with Crippen molar-refractivity contribution in [3.8, 4) is 5.75 Å². The fraction of sp³-hybridized carbons (Fsp3) is 0.333. The van der Waals surface area contributed by atoms with Gasteiger partial charge in [0.1, 0.15) is 5.75 Å². The second kappa shape index (κ2) is 8.15. The summed E-state index contributed by atoms with van der Waals surface area (Å²) in [6, 6.07) is 10.6. The Kier molecular flexibility index (Phi) is 6.20. The predicted octanol–water partition coefficient (Wildman–Crippen LogP) is 3.92. The van der Waals surface area contributed by atoms with Crippen LogP contribution in [-0.2, 0) is 6.54 Å². The van der Waals surface area contributed by atoms with Gasteiger partial charge in [0, 0.05) is 12.6 Å². The Labute approximate surface area is 149 Å². The van der Waals surface area contributed by atoms with Crippen LogP contribution in [0.1, 0.15) is 40.5 Å². The molecule has 0 fully saturated rings. The van der Waals surface area contributed by atoms with Gasteiger partial charge in [-0.1, -0.05) is 28.1 Å². The van der Waals surface area contributed by atoms with E-state index in [0.717, 1.165) is 11.3 Å². The van der Waals surface area contributed by atoms with Crippen molar-refractivity contribution < 1.29 is 18.7 Å². The first kappa shape index (κ1) is 18.3. The number of hydrogen-bond donors (Lipinski definition) is 0. The van der Waals surface area contributed by atoms with E-state index >= 15 is 0 Å². The Morgan fingerprint density at radius 1 is 1.12 bits per heavy atom. The number of nitrogens with zero attached hydrogens (tertiary/aromatic N) is 1. The lowest BCUT2D eigenvalue weighted by atomic mass is 10.1. The molecule has 0 saturated carbocycles. The molecule has 0 aliphatic rings. The third-order valence-electron chi connectivity index (χ3n) is 3.61. The van der Waals surface area contributed by atoms with Crippen LogP contribution in [0.4, 0.5) is 0 Å². The highest BCUT2D eigenvalue weighted by atomic mass is 79.9. The molecule has 1 heterocycles. The molecule has 1 aromatic heterocycles. The number of amides is 1. The van der Waals surface area contributed by atoms with Crippen LogP contribution in [0.2, 0.25) is 0 Å². The van der Waals surface area contributed by atoms with E-state index < -0.39 is 0 Å². The quantitative estimate of drug-likeness (QED) is 0.528. The number of ether oxygens (including phenoxy) is 1. The number of furan rings is 1. The summed E-state index contributed by atoms with van der Waals surface area (Å²) in [6.45, 7) is 4.33. The van der Waals surface area contributed by atoms with Crippen molar-refractivity contribution in [3.05, 3.63) is 53.5 Å². The molecule has 5 nitrogen and oxygen atoms in total. The van der Waals surface area contributed by atoms with Crippen molar-refractivity contribution in [3.63, 3.8) is 0 Å². The van der Waals surface area contributed by atoms with Crippen LogP contribution in [0.5, 0.6) is 5.75 Å². The third kappa shape index (κ3) is 4.26. The summed E-state index contributed by atoms with van der Waals surface area (Å²) in [5.41, 5.74) is 0.987. The van der Waals surface area contributed by atoms with Crippen LogP contribution in [-0.4, -0.2) is 35.1 Å². The van der Waals surface area contributed by atoms with Crippen LogP contribution < -0.4 is 4.74 Å². The summed E-state index contributed by atoms with van der Waals surface area (Å²) in [5.74, 6) is 0.685. The van der Waals surface area contributed by atoms with E-state index in [1.165, 1.54) is 6.07 Å². The highest BCUT2D eigenvalue weighted by Gasteiger charge is 2.23. The average Bonchev–Trinajstić information content (AvgIpc) is 3.08. The monoisotopic (exact) mass is 393 g/mol. The molecular formula is C18H20BrNO4. The summed E-state index contributed by atoms with van der Waals surface area (Å²) in [7, 11) is 1.61. The minimum absolute atomic E-state index is 0.0139. The summed E-state index contributed by atoms with van der Waals surface area (Å²) in [5, 5.41) is 0.161. The van der Waals surface area contributed by atoms with E-state index in [9.17, 15) is 9.59 Å². The average molecular weight is 394 g/mol. The molecule has 1 amide bonds. The summed E-state index contributed by atoms with van der Waals surface area (Å²) >= 11 is 3.09. The van der Waals surface area contributed by atoms with Crippen molar-refractivity contribution >= 4 is 27.6 Å². The van der Waals surface area contributed by atoms with E-state index in [1.807, 2.05) is 38.1 Å². The molecule has 0 saturated heterocycles. The minimum Gasteiger partial charge on any atom is -0.497 e. The van der Waals surface area contributed by atoms with Gasteiger partial charge in [-0.3, -0.25) is 9.59 Å². The maximum Gasteiger partial charge on any atom is 0.290 e. The SMILES string of the molecule is COc1ccc(CN(C(=O)c2ccc(C(=O)CBr)o2)C(C)C)cc1. The lowest BCUT2D eigenvalue weighted by Gasteiger charge is -2.26. The number of carbonyl (C=O) groups is 2. The number of Topliss-reactive ketones (excluding diaryl/α,β-unsaturated/α-hetero) is 1. The molecular weight excluding hydrogens is 374 g/mol. The molecule has 2 rings (SSSR count). The second-order valence-electron chi connectivity index (χ2n) is 5.60. The summed E-state index contributed by atoms with van der Waals surface area (Å²) in [6.07, 6.45) is 0. The first-order valence-corrected chi connectivity index (χ1v) is 8.71. The van der Waals surface area contributed by atoms with Crippen LogP contribution in [0.15, 0.2) is 40.8 Å². The second-order valence-corrected chi connectivity index (χ2v) is 6.16. The van der Waals surface area contributed by atoms with Gasteiger partial charge in [-0.25, -0.2) is 0 Å². The van der Waals surface area contributed by atoms with Crippen molar-refractivity contribution in [1.29, 1.82) is 0 Å². The number of rotatable bonds is 7. The largest absolute Gasteiger partial charge is 0.497 e. The highest BCUT2D eigenvalue weighted by molar-refractivity contribution is 9.09. The standard InChI is InChI=1S/C18H20BrNO4/c1-12(2)20(11-13-4-6-14(23-3)7-5-13)18(22)17-9-8-16(24-17)15(21)10-19/h4-9,12H,10-11H2,1-3H3. The molecule has 1 aromatic carbocycles. The fourth-order valence-corrected chi connectivity index (χ4v) is 2.50. The fourth-order valence-electron chi connectivity index (χ4n) is 2.23. The van der Waals surface area contributed by atoms with Gasteiger partial charge in [0.25, 0.3) is 5.91 Å². The molecule has 0 radical (unpaired) electrons. The summed E-state index contributed by atoms with van der Waals surface area (Å²) in [4.78, 5) is 26.0. The van der Waals surface area contributed by atoms with Crippen molar-refractivity contribution in [2.45, 2.75) is 26.4 Å². The first-order valence-electron chi connectivity index (χ1n) is 7.59.